The Bertz CT molecular complexity index is 863. The van der Waals surface area contributed by atoms with E-state index in [9.17, 15) is 9.18 Å². The van der Waals surface area contributed by atoms with Gasteiger partial charge in [-0.25, -0.2) is 9.07 Å². The Balaban J connectivity index is 1.67. The van der Waals surface area contributed by atoms with Crippen LogP contribution in [-0.4, -0.2) is 28.0 Å². The molecule has 122 valence electrons. The number of carbonyl (C=O) groups is 1. The zero-order valence-corrected chi connectivity index (χ0v) is 12.9. The van der Waals surface area contributed by atoms with E-state index in [4.69, 9.17) is 4.74 Å². The molecule has 1 heterocycles. The van der Waals surface area contributed by atoms with Crippen molar-refractivity contribution in [2.75, 3.05) is 7.11 Å². The predicted octanol–water partition coefficient (Wildman–Crippen LogP) is 2.34. The minimum atomic E-state index is -0.382. The zero-order valence-electron chi connectivity index (χ0n) is 12.9. The summed E-state index contributed by atoms with van der Waals surface area (Å²) >= 11 is 0. The van der Waals surface area contributed by atoms with E-state index < -0.39 is 0 Å². The van der Waals surface area contributed by atoms with E-state index in [0.29, 0.717) is 12.2 Å². The van der Waals surface area contributed by atoms with Crippen LogP contribution in [0, 0.1) is 5.82 Å². The zero-order chi connectivity index (χ0) is 16.9. The average molecular weight is 326 g/mol. The van der Waals surface area contributed by atoms with Crippen LogP contribution in [0.3, 0.4) is 0 Å². The molecule has 0 aliphatic rings. The molecular weight excluding hydrogens is 311 g/mol. The van der Waals surface area contributed by atoms with Crippen LogP contribution in [0.4, 0.5) is 4.39 Å². The van der Waals surface area contributed by atoms with E-state index in [1.807, 2.05) is 24.3 Å². The molecule has 0 spiro atoms. The number of rotatable bonds is 5. The van der Waals surface area contributed by atoms with Gasteiger partial charge in [-0.05, 0) is 35.9 Å². The molecule has 0 aliphatic carbocycles. The number of hydrogen-bond donors (Lipinski definition) is 1. The fourth-order valence-corrected chi connectivity index (χ4v) is 2.17. The molecule has 0 unspecified atom stereocenters. The van der Waals surface area contributed by atoms with Crippen molar-refractivity contribution in [2.24, 2.45) is 0 Å². The first-order valence-corrected chi connectivity index (χ1v) is 7.25. The molecule has 0 radical (unpaired) electrons. The molecule has 0 saturated carbocycles. The number of nitrogens with zero attached hydrogens (tertiary/aromatic N) is 3. The Morgan fingerprint density at radius 3 is 2.88 bits per heavy atom. The summed E-state index contributed by atoms with van der Waals surface area (Å²) in [6.07, 6.45) is 1.45. The standard InChI is InChI=1S/C17H15FN4O2/c1-24-15-7-2-4-12(8-15)10-19-17(23)16-11-22(21-20-16)14-6-3-5-13(18)9-14/h2-9,11H,10H2,1H3,(H,19,23). The van der Waals surface area contributed by atoms with Crippen molar-refractivity contribution in [3.8, 4) is 11.4 Å². The van der Waals surface area contributed by atoms with Crippen LogP contribution in [0.1, 0.15) is 16.1 Å². The van der Waals surface area contributed by atoms with Crippen LogP contribution < -0.4 is 10.1 Å². The summed E-state index contributed by atoms with van der Waals surface area (Å²) in [6.45, 7) is 0.336. The molecule has 0 atom stereocenters. The molecule has 3 aromatic rings. The van der Waals surface area contributed by atoms with Crippen LogP contribution in [0.5, 0.6) is 5.75 Å². The summed E-state index contributed by atoms with van der Waals surface area (Å²) in [5.41, 5.74) is 1.55. The van der Waals surface area contributed by atoms with Crippen LogP contribution in [0.15, 0.2) is 54.7 Å². The summed E-state index contributed by atoms with van der Waals surface area (Å²) in [7, 11) is 1.59. The molecule has 2 aromatic carbocycles. The van der Waals surface area contributed by atoms with Gasteiger partial charge in [0.05, 0.1) is 19.0 Å². The van der Waals surface area contributed by atoms with Crippen LogP contribution >= 0.6 is 0 Å². The molecule has 0 bridgehead atoms. The van der Waals surface area contributed by atoms with Gasteiger partial charge >= 0.3 is 0 Å². The number of nitrogens with one attached hydrogen (secondary N) is 1. The SMILES string of the molecule is COc1cccc(CNC(=O)c2cn(-c3cccc(F)c3)nn2)c1. The first-order valence-electron chi connectivity index (χ1n) is 7.25. The molecule has 0 fully saturated rings. The Labute approximate surface area is 137 Å². The molecule has 3 rings (SSSR count). The van der Waals surface area contributed by atoms with E-state index >= 15 is 0 Å². The van der Waals surface area contributed by atoms with Crippen LogP contribution in [-0.2, 0) is 6.54 Å². The first-order chi connectivity index (χ1) is 11.7. The number of carbonyl (C=O) groups excluding carboxylic acids is 1. The predicted molar refractivity (Wildman–Crippen MR) is 85.5 cm³/mol. The monoisotopic (exact) mass is 326 g/mol. The fourth-order valence-electron chi connectivity index (χ4n) is 2.17. The maximum atomic E-state index is 13.2. The van der Waals surface area contributed by atoms with Crippen molar-refractivity contribution in [1.82, 2.24) is 20.3 Å². The highest BCUT2D eigenvalue weighted by Crippen LogP contribution is 2.12. The van der Waals surface area contributed by atoms with Crippen LogP contribution in [0.25, 0.3) is 5.69 Å². The lowest BCUT2D eigenvalue weighted by molar-refractivity contribution is 0.0946. The summed E-state index contributed by atoms with van der Waals surface area (Å²) in [5.74, 6) is -0.0219. The Hall–Kier alpha value is -3.22. The van der Waals surface area contributed by atoms with Gasteiger partial charge in [-0.1, -0.05) is 23.4 Å². The number of amides is 1. The number of hydrogen-bond acceptors (Lipinski definition) is 4. The van der Waals surface area contributed by atoms with Crippen molar-refractivity contribution in [3.63, 3.8) is 0 Å². The van der Waals surface area contributed by atoms with E-state index in [1.165, 1.54) is 23.0 Å². The molecule has 0 aliphatic heterocycles. The van der Waals surface area contributed by atoms with E-state index in [1.54, 1.807) is 19.2 Å². The second-order valence-corrected chi connectivity index (χ2v) is 5.06. The Kier molecular flexibility index (Phi) is 4.51. The van der Waals surface area contributed by atoms with Crippen molar-refractivity contribution < 1.29 is 13.9 Å². The second-order valence-electron chi connectivity index (χ2n) is 5.06. The number of aromatic nitrogens is 3. The number of methoxy groups -OCH3 is 1. The molecular formula is C17H15FN4O2. The third-order valence-electron chi connectivity index (χ3n) is 3.39. The van der Waals surface area contributed by atoms with Gasteiger partial charge in [0.15, 0.2) is 5.69 Å². The molecule has 6 nitrogen and oxygen atoms in total. The number of halogens is 1. The molecule has 24 heavy (non-hydrogen) atoms. The van der Waals surface area contributed by atoms with Gasteiger partial charge in [0.1, 0.15) is 11.6 Å². The highest BCUT2D eigenvalue weighted by atomic mass is 19.1. The number of ether oxygens (including phenoxy) is 1. The lowest BCUT2D eigenvalue weighted by Gasteiger charge is -2.05. The quantitative estimate of drug-likeness (QED) is 0.781. The van der Waals surface area contributed by atoms with Crippen molar-refractivity contribution in [2.45, 2.75) is 6.54 Å². The first kappa shape index (κ1) is 15.7. The summed E-state index contributed by atoms with van der Waals surface area (Å²) in [6, 6.07) is 13.3. The summed E-state index contributed by atoms with van der Waals surface area (Å²) in [4.78, 5) is 12.2. The van der Waals surface area contributed by atoms with Gasteiger partial charge in [0.2, 0.25) is 0 Å². The molecule has 7 heteroatoms. The largest absolute Gasteiger partial charge is 0.497 e. The molecule has 1 amide bonds. The van der Waals surface area contributed by atoms with Gasteiger partial charge in [0.25, 0.3) is 5.91 Å². The van der Waals surface area contributed by atoms with Gasteiger partial charge < -0.3 is 10.1 Å². The summed E-state index contributed by atoms with van der Waals surface area (Å²) in [5, 5.41) is 10.4. The summed E-state index contributed by atoms with van der Waals surface area (Å²) < 4.78 is 19.7. The van der Waals surface area contributed by atoms with Crippen molar-refractivity contribution >= 4 is 5.91 Å². The van der Waals surface area contributed by atoms with E-state index in [2.05, 4.69) is 15.6 Å². The molecule has 1 aromatic heterocycles. The van der Waals surface area contributed by atoms with Gasteiger partial charge in [0, 0.05) is 6.54 Å². The average Bonchev–Trinajstić information content (AvgIpc) is 3.10. The fraction of sp³-hybridized carbons (Fsp3) is 0.118. The van der Waals surface area contributed by atoms with E-state index in [-0.39, 0.29) is 17.4 Å². The Morgan fingerprint density at radius 1 is 1.25 bits per heavy atom. The Morgan fingerprint density at radius 2 is 2.08 bits per heavy atom. The lowest BCUT2D eigenvalue weighted by Crippen LogP contribution is -2.23. The van der Waals surface area contributed by atoms with Crippen molar-refractivity contribution in [1.29, 1.82) is 0 Å². The van der Waals surface area contributed by atoms with Crippen molar-refractivity contribution in [3.05, 3.63) is 71.8 Å². The molecule has 1 N–H and O–H groups in total. The van der Waals surface area contributed by atoms with Gasteiger partial charge in [-0.2, -0.15) is 0 Å². The minimum Gasteiger partial charge on any atom is -0.497 e. The maximum Gasteiger partial charge on any atom is 0.273 e. The minimum absolute atomic E-state index is 0.155. The van der Waals surface area contributed by atoms with Gasteiger partial charge in [-0.3, -0.25) is 4.79 Å². The smallest absolute Gasteiger partial charge is 0.273 e. The number of benzene rings is 2. The third kappa shape index (κ3) is 3.57. The maximum absolute atomic E-state index is 13.2. The highest BCUT2D eigenvalue weighted by molar-refractivity contribution is 5.91. The highest BCUT2D eigenvalue weighted by Gasteiger charge is 2.11. The lowest BCUT2D eigenvalue weighted by atomic mass is 10.2. The van der Waals surface area contributed by atoms with Gasteiger partial charge in [-0.15, -0.1) is 5.10 Å². The topological polar surface area (TPSA) is 69.0 Å². The third-order valence-corrected chi connectivity index (χ3v) is 3.39. The normalized spacial score (nSPS) is 10.4. The molecule has 0 saturated heterocycles. The van der Waals surface area contributed by atoms with E-state index in [0.717, 1.165) is 11.3 Å². The second kappa shape index (κ2) is 6.91. The van der Waals surface area contributed by atoms with Crippen LogP contribution in [0.2, 0.25) is 0 Å².